The fourth-order valence-corrected chi connectivity index (χ4v) is 3.18. The first kappa shape index (κ1) is 12.1. The minimum atomic E-state index is -2.68. The van der Waals surface area contributed by atoms with Gasteiger partial charge in [0.25, 0.3) is 0 Å². The van der Waals surface area contributed by atoms with Crippen molar-refractivity contribution in [3.8, 4) is 0 Å². The lowest BCUT2D eigenvalue weighted by molar-refractivity contribution is 0.136. The van der Waals surface area contributed by atoms with Crippen LogP contribution in [-0.4, -0.2) is 30.1 Å². The summed E-state index contributed by atoms with van der Waals surface area (Å²) in [6.07, 6.45) is 13.6. The molecular formula is C11H16O3Si. The molecule has 1 rings (SSSR count). The van der Waals surface area contributed by atoms with Gasteiger partial charge in [0.2, 0.25) is 0 Å². The zero-order valence-corrected chi connectivity index (χ0v) is 10.3. The van der Waals surface area contributed by atoms with Gasteiger partial charge in [-0.3, -0.25) is 0 Å². The molecule has 0 bridgehead atoms. The summed E-state index contributed by atoms with van der Waals surface area (Å²) in [5, 5.41) is 0.940. The van der Waals surface area contributed by atoms with Crippen molar-refractivity contribution in [3.63, 3.8) is 0 Å². The Hall–Kier alpha value is -0.943. The Kier molecular flexibility index (Phi) is 4.71. The molecule has 0 spiro atoms. The molecule has 0 saturated heterocycles. The Balaban J connectivity index is 3.01. The Labute approximate surface area is 91.7 Å². The lowest BCUT2D eigenvalue weighted by Gasteiger charge is -2.25. The van der Waals surface area contributed by atoms with Crippen LogP contribution in [0.1, 0.15) is 0 Å². The molecule has 4 heteroatoms. The maximum atomic E-state index is 5.39. The first-order chi connectivity index (χ1) is 7.29. The molecule has 0 N–H and O–H groups in total. The van der Waals surface area contributed by atoms with Gasteiger partial charge in [-0.1, -0.05) is 42.5 Å². The summed E-state index contributed by atoms with van der Waals surface area (Å²) in [6.45, 7) is 0. The summed E-state index contributed by atoms with van der Waals surface area (Å²) in [7, 11) is 2.13. The Morgan fingerprint density at radius 3 is 1.93 bits per heavy atom. The van der Waals surface area contributed by atoms with Gasteiger partial charge in [0.1, 0.15) is 0 Å². The molecule has 1 aliphatic carbocycles. The summed E-state index contributed by atoms with van der Waals surface area (Å²) >= 11 is 0. The van der Waals surface area contributed by atoms with Gasteiger partial charge in [0, 0.05) is 26.5 Å². The van der Waals surface area contributed by atoms with Gasteiger partial charge in [-0.15, -0.1) is 0 Å². The second-order valence-electron chi connectivity index (χ2n) is 2.92. The standard InChI is InChI=1S/C11H16O3Si/c1-12-15(13-2,14-3)11-9-7-5-4-6-8-10-11/h4-10H,1-3H3/b5-4-,6-4?,7-5?,8-6-,9-7-,10-8?,11-9?,11-10+. The zero-order chi connectivity index (χ0) is 11.1. The van der Waals surface area contributed by atoms with Gasteiger partial charge in [0.15, 0.2) is 0 Å². The molecule has 1 aliphatic rings. The highest BCUT2D eigenvalue weighted by Crippen LogP contribution is 2.19. The minimum Gasteiger partial charge on any atom is -0.373 e. The monoisotopic (exact) mass is 224 g/mol. The molecule has 0 heterocycles. The van der Waals surface area contributed by atoms with Crippen molar-refractivity contribution in [1.29, 1.82) is 0 Å². The number of allylic oxidation sites excluding steroid dienone is 8. The molecule has 0 aromatic rings. The number of rotatable bonds is 4. The average Bonchev–Trinajstić information content (AvgIpc) is 2.23. The van der Waals surface area contributed by atoms with Crippen LogP contribution in [0.15, 0.2) is 47.7 Å². The third-order valence-corrected chi connectivity index (χ3v) is 4.81. The first-order valence-electron chi connectivity index (χ1n) is 4.66. The molecule has 82 valence electrons. The van der Waals surface area contributed by atoms with E-state index in [0.717, 1.165) is 5.20 Å². The third kappa shape index (κ3) is 2.76. The fourth-order valence-electron chi connectivity index (χ4n) is 1.37. The molecule has 0 radical (unpaired) electrons. The van der Waals surface area contributed by atoms with Crippen LogP contribution in [0.5, 0.6) is 0 Å². The fraction of sp³-hybridized carbons (Fsp3) is 0.273. The van der Waals surface area contributed by atoms with Crippen LogP contribution in [0.4, 0.5) is 0 Å². The van der Waals surface area contributed by atoms with E-state index in [2.05, 4.69) is 0 Å². The maximum absolute atomic E-state index is 5.39. The summed E-state index contributed by atoms with van der Waals surface area (Å²) in [5.74, 6) is 0. The normalized spacial score (nSPS) is 25.9. The van der Waals surface area contributed by atoms with E-state index in [0.29, 0.717) is 0 Å². The quantitative estimate of drug-likeness (QED) is 0.684. The maximum Gasteiger partial charge on any atom is 0.536 e. The highest BCUT2D eigenvalue weighted by molar-refractivity contribution is 6.69. The smallest absolute Gasteiger partial charge is 0.373 e. The van der Waals surface area contributed by atoms with Crippen molar-refractivity contribution in [2.75, 3.05) is 21.3 Å². The van der Waals surface area contributed by atoms with Crippen molar-refractivity contribution in [2.24, 2.45) is 0 Å². The second kappa shape index (κ2) is 5.82. The van der Waals surface area contributed by atoms with Crippen LogP contribution in [-0.2, 0) is 13.3 Å². The Morgan fingerprint density at radius 1 is 0.800 bits per heavy atom. The van der Waals surface area contributed by atoms with Crippen molar-refractivity contribution < 1.29 is 13.3 Å². The number of hydrogen-bond acceptors (Lipinski definition) is 3. The van der Waals surface area contributed by atoms with Gasteiger partial charge in [0.05, 0.1) is 0 Å². The Bertz CT molecular complexity index is 304. The predicted octanol–water partition coefficient (Wildman–Crippen LogP) is 2.01. The van der Waals surface area contributed by atoms with Crippen LogP contribution < -0.4 is 0 Å². The molecule has 0 saturated carbocycles. The van der Waals surface area contributed by atoms with Crippen molar-refractivity contribution in [3.05, 3.63) is 47.7 Å². The van der Waals surface area contributed by atoms with E-state index in [1.54, 1.807) is 21.3 Å². The molecule has 0 aromatic carbocycles. The molecule has 0 atom stereocenters. The predicted molar refractivity (Wildman–Crippen MR) is 62.3 cm³/mol. The molecule has 0 aliphatic heterocycles. The van der Waals surface area contributed by atoms with Crippen molar-refractivity contribution in [2.45, 2.75) is 0 Å². The number of hydrogen-bond donors (Lipinski definition) is 0. The van der Waals surface area contributed by atoms with Gasteiger partial charge >= 0.3 is 8.80 Å². The van der Waals surface area contributed by atoms with E-state index in [1.807, 2.05) is 42.5 Å². The molecular weight excluding hydrogens is 208 g/mol. The second-order valence-corrected chi connectivity index (χ2v) is 5.83. The van der Waals surface area contributed by atoms with Crippen molar-refractivity contribution in [1.82, 2.24) is 0 Å². The highest BCUT2D eigenvalue weighted by atomic mass is 28.4. The summed E-state index contributed by atoms with van der Waals surface area (Å²) in [6, 6.07) is 0. The lowest BCUT2D eigenvalue weighted by Crippen LogP contribution is -2.45. The first-order valence-corrected chi connectivity index (χ1v) is 6.39. The molecule has 15 heavy (non-hydrogen) atoms. The largest absolute Gasteiger partial charge is 0.536 e. The van der Waals surface area contributed by atoms with E-state index in [-0.39, 0.29) is 0 Å². The highest BCUT2D eigenvalue weighted by Gasteiger charge is 2.41. The van der Waals surface area contributed by atoms with Crippen molar-refractivity contribution >= 4 is 8.80 Å². The SMILES string of the molecule is CO[Si](OC)(OC)C1=C/C=C\C=C/C=C\1. The molecule has 3 nitrogen and oxygen atoms in total. The van der Waals surface area contributed by atoms with Crippen LogP contribution in [0, 0.1) is 0 Å². The van der Waals surface area contributed by atoms with E-state index in [1.165, 1.54) is 0 Å². The summed E-state index contributed by atoms with van der Waals surface area (Å²) < 4.78 is 16.2. The van der Waals surface area contributed by atoms with Crippen LogP contribution >= 0.6 is 0 Å². The minimum absolute atomic E-state index is 0.940. The van der Waals surface area contributed by atoms with Gasteiger partial charge < -0.3 is 13.3 Å². The molecule has 0 aromatic heterocycles. The van der Waals surface area contributed by atoms with Gasteiger partial charge in [-0.25, -0.2) is 0 Å². The summed E-state index contributed by atoms with van der Waals surface area (Å²) in [5.41, 5.74) is 0. The summed E-state index contributed by atoms with van der Waals surface area (Å²) in [4.78, 5) is 0. The third-order valence-electron chi connectivity index (χ3n) is 2.16. The van der Waals surface area contributed by atoms with Crippen LogP contribution in [0.2, 0.25) is 0 Å². The molecule has 0 unspecified atom stereocenters. The lowest BCUT2D eigenvalue weighted by atomic mass is 10.3. The van der Waals surface area contributed by atoms with E-state index >= 15 is 0 Å². The molecule has 0 fully saturated rings. The van der Waals surface area contributed by atoms with E-state index in [4.69, 9.17) is 13.3 Å². The van der Waals surface area contributed by atoms with E-state index < -0.39 is 8.80 Å². The van der Waals surface area contributed by atoms with Gasteiger partial charge in [-0.2, -0.15) is 0 Å². The average molecular weight is 224 g/mol. The zero-order valence-electron chi connectivity index (χ0n) is 9.27. The van der Waals surface area contributed by atoms with Gasteiger partial charge in [-0.05, 0) is 0 Å². The van der Waals surface area contributed by atoms with Crippen LogP contribution in [0.3, 0.4) is 0 Å². The molecule has 0 amide bonds. The Morgan fingerprint density at radius 2 is 1.33 bits per heavy atom. The van der Waals surface area contributed by atoms with Crippen LogP contribution in [0.25, 0.3) is 0 Å². The van der Waals surface area contributed by atoms with E-state index in [9.17, 15) is 0 Å². The topological polar surface area (TPSA) is 27.7 Å².